The summed E-state index contributed by atoms with van der Waals surface area (Å²) < 4.78 is 5.60. The molecule has 5 rings (SSSR count). The number of likely N-dealkylation sites (tertiary alicyclic amines) is 1. The monoisotopic (exact) mass is 473 g/mol. The van der Waals surface area contributed by atoms with Crippen molar-refractivity contribution in [3.63, 3.8) is 0 Å². The van der Waals surface area contributed by atoms with Gasteiger partial charge < -0.3 is 20.1 Å². The van der Waals surface area contributed by atoms with Crippen LogP contribution in [0.3, 0.4) is 0 Å². The Bertz CT molecular complexity index is 1150. The maximum Gasteiger partial charge on any atom is 0.407 e. The van der Waals surface area contributed by atoms with E-state index in [0.29, 0.717) is 25.9 Å². The highest BCUT2D eigenvalue weighted by molar-refractivity contribution is 5.87. The van der Waals surface area contributed by atoms with Crippen LogP contribution in [0.5, 0.6) is 0 Å². The van der Waals surface area contributed by atoms with Crippen molar-refractivity contribution in [1.82, 2.24) is 10.2 Å². The number of nitrogens with one attached hydrogen (secondary N) is 1. The van der Waals surface area contributed by atoms with Crippen LogP contribution in [-0.2, 0) is 14.3 Å². The summed E-state index contributed by atoms with van der Waals surface area (Å²) in [6.07, 6.45) is 0.400. The SMILES string of the molecule is N#CCCCC(NC(=O)OCC1c2ccccc2-c2ccccc21)C(=O)N1C[C@@H]2C(C(=O)O)[C@@H]2C1. The topological polar surface area (TPSA) is 120 Å². The number of hydrogen-bond acceptors (Lipinski definition) is 5. The second kappa shape index (κ2) is 9.41. The third-order valence-corrected chi connectivity index (χ3v) is 7.51. The van der Waals surface area contributed by atoms with E-state index in [-0.39, 0.29) is 42.6 Å². The van der Waals surface area contributed by atoms with Crippen molar-refractivity contribution < 1.29 is 24.2 Å². The number of rotatable bonds is 8. The summed E-state index contributed by atoms with van der Waals surface area (Å²) in [4.78, 5) is 38.8. The summed E-state index contributed by atoms with van der Waals surface area (Å²) in [5.74, 6) is -1.52. The summed E-state index contributed by atoms with van der Waals surface area (Å²) in [7, 11) is 0. The number of nitriles is 1. The Morgan fingerprint density at radius 3 is 2.23 bits per heavy atom. The first-order valence-electron chi connectivity index (χ1n) is 12.0. The molecule has 2 aliphatic carbocycles. The number of aliphatic carboxylic acids is 1. The number of carboxylic acids is 1. The van der Waals surface area contributed by atoms with Crippen LogP contribution < -0.4 is 5.32 Å². The van der Waals surface area contributed by atoms with Gasteiger partial charge in [0.15, 0.2) is 0 Å². The molecule has 1 saturated carbocycles. The summed E-state index contributed by atoms with van der Waals surface area (Å²) >= 11 is 0. The number of hydrogen-bond donors (Lipinski definition) is 2. The van der Waals surface area contributed by atoms with Crippen LogP contribution in [0.2, 0.25) is 0 Å². The van der Waals surface area contributed by atoms with E-state index in [9.17, 15) is 19.5 Å². The van der Waals surface area contributed by atoms with E-state index in [1.165, 1.54) is 0 Å². The number of ether oxygens (including phenoxy) is 1. The molecule has 1 saturated heterocycles. The van der Waals surface area contributed by atoms with E-state index >= 15 is 0 Å². The number of carbonyl (C=O) groups is 3. The van der Waals surface area contributed by atoms with Gasteiger partial charge in [0.05, 0.1) is 12.0 Å². The minimum Gasteiger partial charge on any atom is -0.481 e. The van der Waals surface area contributed by atoms with Gasteiger partial charge in [0, 0.05) is 25.4 Å². The first-order chi connectivity index (χ1) is 17.0. The molecular formula is C27H27N3O5. The van der Waals surface area contributed by atoms with Crippen LogP contribution in [0, 0.1) is 29.1 Å². The van der Waals surface area contributed by atoms with Crippen LogP contribution in [0.1, 0.15) is 36.3 Å². The fourth-order valence-corrected chi connectivity index (χ4v) is 5.72. The molecule has 8 nitrogen and oxygen atoms in total. The minimum atomic E-state index is -0.811. The number of carboxylic acid groups (broad SMARTS) is 1. The van der Waals surface area contributed by atoms with Crippen molar-refractivity contribution in [2.24, 2.45) is 17.8 Å². The van der Waals surface area contributed by atoms with Gasteiger partial charge in [-0.2, -0.15) is 5.26 Å². The van der Waals surface area contributed by atoms with Crippen LogP contribution in [0.15, 0.2) is 48.5 Å². The molecule has 180 valence electrons. The molecule has 2 aromatic carbocycles. The number of alkyl carbamates (subject to hydrolysis) is 1. The smallest absolute Gasteiger partial charge is 0.407 e. The molecule has 0 bridgehead atoms. The van der Waals surface area contributed by atoms with Crippen molar-refractivity contribution in [2.75, 3.05) is 19.7 Å². The summed E-state index contributed by atoms with van der Waals surface area (Å²) in [5, 5.41) is 20.8. The highest BCUT2D eigenvalue weighted by Crippen LogP contribution is 2.52. The number of fused-ring (bicyclic) bond motifs is 4. The van der Waals surface area contributed by atoms with Gasteiger partial charge in [0.1, 0.15) is 12.6 Å². The largest absolute Gasteiger partial charge is 0.481 e. The standard InChI is InChI=1S/C27H27N3O5/c28-12-6-5-11-23(25(31)30-13-20-21(14-30)24(20)26(32)33)29-27(34)35-15-22-18-9-3-1-7-16(18)17-8-2-4-10-19(17)22/h1-4,7-10,20-24H,5-6,11,13-15H2,(H,29,34)(H,32,33)/t20-,21+,23?,24?. The van der Waals surface area contributed by atoms with Crippen molar-refractivity contribution in [3.8, 4) is 17.2 Å². The number of unbranched alkanes of at least 4 members (excludes halogenated alkanes) is 1. The maximum absolute atomic E-state index is 13.1. The molecule has 1 aliphatic heterocycles. The fourth-order valence-electron chi connectivity index (χ4n) is 5.72. The fraction of sp³-hybridized carbons (Fsp3) is 0.407. The van der Waals surface area contributed by atoms with Gasteiger partial charge in [0.25, 0.3) is 0 Å². The molecule has 2 fully saturated rings. The molecule has 3 aliphatic rings. The molecule has 2 amide bonds. The number of amides is 2. The van der Waals surface area contributed by atoms with E-state index in [0.717, 1.165) is 22.3 Å². The Balaban J connectivity index is 1.22. The molecule has 2 aromatic rings. The van der Waals surface area contributed by atoms with Crippen LogP contribution >= 0.6 is 0 Å². The van der Waals surface area contributed by atoms with Crippen molar-refractivity contribution in [2.45, 2.75) is 31.2 Å². The van der Waals surface area contributed by atoms with Crippen molar-refractivity contribution in [1.29, 1.82) is 5.26 Å². The highest BCUT2D eigenvalue weighted by Gasteiger charge is 2.60. The lowest BCUT2D eigenvalue weighted by molar-refractivity contribution is -0.141. The van der Waals surface area contributed by atoms with Crippen LogP contribution in [0.25, 0.3) is 11.1 Å². The van der Waals surface area contributed by atoms with Crippen LogP contribution in [0.4, 0.5) is 4.79 Å². The zero-order valence-electron chi connectivity index (χ0n) is 19.2. The van der Waals surface area contributed by atoms with Gasteiger partial charge in [-0.3, -0.25) is 9.59 Å². The Labute approximate surface area is 203 Å². The molecule has 4 atom stereocenters. The van der Waals surface area contributed by atoms with E-state index in [4.69, 9.17) is 10.00 Å². The Kier molecular flexibility index (Phi) is 6.16. The van der Waals surface area contributed by atoms with Gasteiger partial charge in [-0.1, -0.05) is 48.5 Å². The maximum atomic E-state index is 13.1. The van der Waals surface area contributed by atoms with Crippen molar-refractivity contribution >= 4 is 18.0 Å². The first kappa shape index (κ1) is 22.9. The third kappa shape index (κ3) is 4.34. The Morgan fingerprint density at radius 2 is 1.66 bits per heavy atom. The molecular weight excluding hydrogens is 446 g/mol. The van der Waals surface area contributed by atoms with Gasteiger partial charge in [-0.05, 0) is 46.9 Å². The summed E-state index contributed by atoms with van der Waals surface area (Å²) in [6, 6.07) is 17.4. The van der Waals surface area contributed by atoms with Gasteiger partial charge in [0.2, 0.25) is 5.91 Å². The molecule has 35 heavy (non-hydrogen) atoms. The van der Waals surface area contributed by atoms with Gasteiger partial charge in [-0.15, -0.1) is 0 Å². The predicted molar refractivity (Wildman–Crippen MR) is 126 cm³/mol. The molecule has 1 heterocycles. The average Bonchev–Trinajstić information content (AvgIpc) is 3.21. The van der Waals surface area contributed by atoms with Crippen molar-refractivity contribution in [3.05, 3.63) is 59.7 Å². The second-order valence-electron chi connectivity index (χ2n) is 9.51. The molecule has 0 radical (unpaired) electrons. The third-order valence-electron chi connectivity index (χ3n) is 7.51. The Hall–Kier alpha value is -3.86. The lowest BCUT2D eigenvalue weighted by Crippen LogP contribution is -2.49. The molecule has 2 N–H and O–H groups in total. The van der Waals surface area contributed by atoms with Crippen LogP contribution in [-0.4, -0.2) is 53.7 Å². The number of carbonyl (C=O) groups excluding carboxylic acids is 2. The first-order valence-corrected chi connectivity index (χ1v) is 12.0. The minimum absolute atomic E-state index is 0.00865. The molecule has 2 unspecified atom stereocenters. The van der Waals surface area contributed by atoms with E-state index < -0.39 is 18.1 Å². The normalized spacial score (nSPS) is 22.4. The lowest BCUT2D eigenvalue weighted by atomic mass is 9.98. The molecule has 0 spiro atoms. The van der Waals surface area contributed by atoms with Gasteiger partial charge in [-0.25, -0.2) is 4.79 Å². The highest BCUT2D eigenvalue weighted by atomic mass is 16.5. The van der Waals surface area contributed by atoms with E-state index in [2.05, 4.69) is 23.5 Å². The second-order valence-corrected chi connectivity index (χ2v) is 9.51. The zero-order chi connectivity index (χ0) is 24.5. The van der Waals surface area contributed by atoms with Gasteiger partial charge >= 0.3 is 12.1 Å². The zero-order valence-corrected chi connectivity index (χ0v) is 19.2. The quantitative estimate of drug-likeness (QED) is 0.567. The summed E-state index contributed by atoms with van der Waals surface area (Å²) in [6.45, 7) is 0.927. The van der Waals surface area contributed by atoms with E-state index in [1.807, 2.05) is 36.4 Å². The number of benzene rings is 2. The summed E-state index contributed by atoms with van der Waals surface area (Å²) in [5.41, 5.74) is 4.47. The Morgan fingerprint density at radius 1 is 1.06 bits per heavy atom. The number of piperidine rings is 1. The number of nitrogens with zero attached hydrogens (tertiary/aromatic N) is 2. The average molecular weight is 474 g/mol. The lowest BCUT2D eigenvalue weighted by Gasteiger charge is -2.26. The predicted octanol–water partition coefficient (Wildman–Crippen LogP) is 3.38. The van der Waals surface area contributed by atoms with E-state index in [1.54, 1.807) is 4.90 Å². The molecule has 0 aromatic heterocycles. The molecule has 8 heteroatoms.